The van der Waals surface area contributed by atoms with Crippen LogP contribution >= 0.6 is 11.6 Å². The Bertz CT molecular complexity index is 3310. The first-order chi connectivity index (χ1) is 31.1. The molecule has 1 fully saturated rings. The number of aromatic nitrogens is 1. The normalized spacial score (nSPS) is 10.7. The molecule has 63 heavy (non-hydrogen) atoms. The summed E-state index contributed by atoms with van der Waals surface area (Å²) >= 11 is 15.5. The molecule has 42 heteroatoms. The number of pyridine rings is 1. The van der Waals surface area contributed by atoms with Crippen LogP contribution in [0.1, 0.15) is 44.2 Å². The summed E-state index contributed by atoms with van der Waals surface area (Å²) in [4.78, 5) is 6.44. The predicted molar refractivity (Wildman–Crippen MR) is 391 cm³/mol. The van der Waals surface area contributed by atoms with Crippen molar-refractivity contribution in [3.63, 3.8) is 0 Å². The third-order valence-electron chi connectivity index (χ3n) is 5.76. The predicted octanol–water partition coefficient (Wildman–Crippen LogP) is 5.51. The van der Waals surface area contributed by atoms with Crippen molar-refractivity contribution in [2.75, 3.05) is 13.1 Å². The molecule has 0 radical (unpaired) electrons. The van der Waals surface area contributed by atoms with E-state index < -0.39 is 0 Å². The molecule has 1 aromatic carbocycles. The second-order valence-electron chi connectivity index (χ2n) is 8.98. The maximum atomic E-state index is 5.88. The van der Waals surface area contributed by atoms with Crippen molar-refractivity contribution < 1.29 is 0 Å². The summed E-state index contributed by atoms with van der Waals surface area (Å²) in [5.41, 5.74) is 2.72. The average Bonchev–Trinajstić information content (AvgIpc) is 3.32. The summed E-state index contributed by atoms with van der Waals surface area (Å²) in [6.07, 6.45) is 8.81. The Morgan fingerprint density at radius 2 is 0.730 bits per heavy atom. The maximum absolute atomic E-state index is 5.88. The third-order valence-corrected chi connectivity index (χ3v) is 86.0. The minimum atomic E-state index is 0.827. The molecule has 1 saturated heterocycles. The Morgan fingerprint density at radius 1 is 0.444 bits per heavy atom. The van der Waals surface area contributed by atoms with Crippen molar-refractivity contribution in [1.82, 2.24) is 9.88 Å². The lowest BCUT2D eigenvalue weighted by molar-refractivity contribution is 0.175. The minimum absolute atomic E-state index is 0.827. The van der Waals surface area contributed by atoms with E-state index in [0.29, 0.717) is 0 Å². The molecular formula is C21H29ClN2S39. The van der Waals surface area contributed by atoms with Gasteiger partial charge in [0.1, 0.15) is 0 Å². The highest BCUT2D eigenvalue weighted by atomic mass is 35.5. The standard InChI is InChI=1S/C14H20ClN.C7H9N.S39/c1-2-12-7-9-16(10-8-12)11-13-3-5-14(15)6-4-13;1-2-7-3-5-8-6-4-7;1-3-5-7-9-11-13-15-17-19-21-23-25-27-29-31-33-35-37-39-38-36-34-32-30-28-26-24-22-20-18-16-14-12-10-8-6-4-2/h3-6,12H,2,7-11H2,1H3;3-6H,2H2,1H3;. The Kier molecular flexibility index (Phi) is 61.6. The fraction of sp³-hybridized carbons (Fsp3) is 0.476. The number of likely N-dealkylation sites (tertiary alicyclic amines) is 1. The SMILES string of the molecule is CCC1CCN(Cc2ccc(Cl)cc2)CC1.CCc1ccncc1.S=S=S=S=S=S=S=S=S=S=S=S=S=S=S=S=S=S=S=S=S=S=S=S=S=S=S=S=S=S=S=S=S=S=S=S=S=S=S. The molecular weight excluding hydrogens is 1570 g/mol. The van der Waals surface area contributed by atoms with Crippen LogP contribution in [-0.2, 0) is 364 Å². The van der Waals surface area contributed by atoms with Gasteiger partial charge in [-0.05, 0) is 73.7 Å². The molecule has 2 nitrogen and oxygen atoms in total. The molecule has 1 aliphatic rings. The van der Waals surface area contributed by atoms with E-state index in [-0.39, 0.29) is 0 Å². The van der Waals surface area contributed by atoms with Crippen LogP contribution in [0, 0.1) is 5.92 Å². The molecule has 2 heterocycles. The third kappa shape index (κ3) is 49.8. The van der Waals surface area contributed by atoms with Gasteiger partial charge in [-0.1, -0.05) is 44.0 Å². The zero-order chi connectivity index (χ0) is 45.4. The number of halogens is 1. The summed E-state index contributed by atoms with van der Waals surface area (Å²) in [7, 11) is 65.6. The van der Waals surface area contributed by atoms with Crippen LogP contribution < -0.4 is 0 Å². The molecule has 0 atom stereocenters. The maximum Gasteiger partial charge on any atom is 0.0406 e. The topological polar surface area (TPSA) is 16.1 Å². The van der Waals surface area contributed by atoms with E-state index in [2.05, 4.69) is 35.9 Å². The van der Waals surface area contributed by atoms with Crippen LogP contribution in [0.3, 0.4) is 0 Å². The number of aryl methyl sites for hydroxylation is 1. The van der Waals surface area contributed by atoms with Crippen LogP contribution in [0.5, 0.6) is 0 Å². The second-order valence-corrected chi connectivity index (χ2v) is 74.9. The summed E-state index contributed by atoms with van der Waals surface area (Å²) in [6.45, 7) is 8.02. The first kappa shape index (κ1) is 68.2. The number of rotatable bonds is 4. The monoisotopic (exact) mass is 1590 g/mol. The second kappa shape index (κ2) is 56.9. The van der Waals surface area contributed by atoms with E-state index in [4.69, 9.17) is 34.0 Å². The van der Waals surface area contributed by atoms with Gasteiger partial charge < -0.3 is 0 Å². The van der Waals surface area contributed by atoms with Gasteiger partial charge in [-0.15, -0.1) is 0 Å². The van der Waals surface area contributed by atoms with Crippen LogP contribution in [0.15, 0.2) is 48.8 Å². The van der Waals surface area contributed by atoms with E-state index in [1.807, 2.05) is 241 Å². The lowest BCUT2D eigenvalue weighted by Crippen LogP contribution is -2.32. The molecule has 1 aliphatic heterocycles. The lowest BCUT2D eigenvalue weighted by Gasteiger charge is -2.31. The highest BCUT2D eigenvalue weighted by Crippen LogP contribution is 2.21. The first-order valence-corrected chi connectivity index (χ1v) is 66.4. The molecule has 2 aromatic rings. The van der Waals surface area contributed by atoms with Gasteiger partial charge in [0, 0.05) is 375 Å². The quantitative estimate of drug-likeness (QED) is 0.402. The van der Waals surface area contributed by atoms with Crippen LogP contribution in [0.4, 0.5) is 0 Å². The minimum Gasteiger partial charge on any atom is -0.299 e. The molecule has 364 valence electrons. The van der Waals surface area contributed by atoms with Gasteiger partial charge >= 0.3 is 0 Å². The number of hydrogen-bond donors (Lipinski definition) is 0. The Morgan fingerprint density at radius 3 is 0.968 bits per heavy atom. The van der Waals surface area contributed by atoms with Crippen LogP contribution in [0.2, 0.25) is 5.02 Å². The van der Waals surface area contributed by atoms with Crippen molar-refractivity contribution in [2.45, 2.75) is 46.1 Å². The van der Waals surface area contributed by atoms with Gasteiger partial charge in [-0.3, -0.25) is 9.88 Å². The molecule has 0 aliphatic carbocycles. The van der Waals surface area contributed by atoms with Gasteiger partial charge in [-0.2, -0.15) is 0 Å². The lowest BCUT2D eigenvalue weighted by atomic mass is 9.94. The van der Waals surface area contributed by atoms with E-state index in [1.54, 1.807) is 107 Å². The fourth-order valence-corrected chi connectivity index (χ4v) is 99.6. The number of hydrogen-bond acceptors (Lipinski definition) is 4. The smallest absolute Gasteiger partial charge is 0.0406 e. The molecule has 0 unspecified atom stereocenters. The van der Waals surface area contributed by atoms with E-state index in [1.165, 1.54) is 61.2 Å². The highest BCUT2D eigenvalue weighted by molar-refractivity contribution is 8.81. The fourth-order valence-electron chi connectivity index (χ4n) is 3.42. The largest absolute Gasteiger partial charge is 0.299 e. The van der Waals surface area contributed by atoms with Crippen molar-refractivity contribution in [3.05, 3.63) is 64.9 Å². The van der Waals surface area contributed by atoms with Gasteiger partial charge in [-0.25, -0.2) is 0 Å². The van der Waals surface area contributed by atoms with Crippen molar-refractivity contribution in [2.24, 2.45) is 5.92 Å². The first-order valence-electron chi connectivity index (χ1n) is 15.4. The molecule has 0 bridgehead atoms. The van der Waals surface area contributed by atoms with Gasteiger partial charge in [0.25, 0.3) is 0 Å². The number of piperidine rings is 1. The summed E-state index contributed by atoms with van der Waals surface area (Å²) in [6, 6.07) is 12.3. The molecule has 0 amide bonds. The zero-order valence-electron chi connectivity index (χ0n) is 30.8. The van der Waals surface area contributed by atoms with Crippen LogP contribution in [-0.4, -0.2) is 23.0 Å². The zero-order valence-corrected chi connectivity index (χ0v) is 63.4. The number of benzene rings is 1. The van der Waals surface area contributed by atoms with Gasteiger partial charge in [0.2, 0.25) is 0 Å². The highest BCUT2D eigenvalue weighted by Gasteiger charge is 2.17. The van der Waals surface area contributed by atoms with E-state index >= 15 is 0 Å². The Balaban J connectivity index is 0.000000659. The Hall–Kier alpha value is 7.20. The van der Waals surface area contributed by atoms with Crippen molar-refractivity contribution >= 4 is 363 Å². The number of nitrogens with zero attached hydrogens (tertiary/aromatic N) is 2. The molecule has 1 aromatic heterocycles. The molecule has 3 rings (SSSR count). The van der Waals surface area contributed by atoms with Crippen molar-refractivity contribution in [1.29, 1.82) is 0 Å². The summed E-state index contributed by atoms with van der Waals surface area (Å²) in [5.74, 6) is 0.960. The Labute approximate surface area is 491 Å². The van der Waals surface area contributed by atoms with E-state index in [0.717, 1.165) is 23.9 Å². The average molecular weight is 1600 g/mol. The molecule has 0 spiro atoms. The van der Waals surface area contributed by atoms with Crippen molar-refractivity contribution in [3.8, 4) is 0 Å². The van der Waals surface area contributed by atoms with E-state index in [9.17, 15) is 0 Å². The summed E-state index contributed by atoms with van der Waals surface area (Å²) in [5, 5.41) is 0.827. The van der Waals surface area contributed by atoms with Gasteiger partial charge in [0.05, 0.1) is 0 Å². The van der Waals surface area contributed by atoms with Gasteiger partial charge in [0.15, 0.2) is 0 Å². The summed E-state index contributed by atoms with van der Waals surface area (Å²) < 4.78 is 0. The molecule has 0 N–H and O–H groups in total. The van der Waals surface area contributed by atoms with Crippen LogP contribution in [0.25, 0.3) is 0 Å². The molecule has 0 saturated carbocycles.